The summed E-state index contributed by atoms with van der Waals surface area (Å²) >= 11 is 3.21. The van der Waals surface area contributed by atoms with Gasteiger partial charge in [0, 0.05) is 10.7 Å². The average molecular weight is 272 g/mol. The summed E-state index contributed by atoms with van der Waals surface area (Å²) in [7, 11) is 0. The van der Waals surface area contributed by atoms with Crippen molar-refractivity contribution in [3.05, 3.63) is 22.8 Å². The number of rotatable bonds is 1. The van der Waals surface area contributed by atoms with Gasteiger partial charge >= 0.3 is 5.97 Å². The van der Waals surface area contributed by atoms with Crippen LogP contribution in [0.25, 0.3) is 0 Å². The van der Waals surface area contributed by atoms with Crippen molar-refractivity contribution in [2.24, 2.45) is 10.2 Å². The van der Waals surface area contributed by atoms with E-state index in [4.69, 9.17) is 5.11 Å². The van der Waals surface area contributed by atoms with Crippen LogP contribution in [-0.4, -0.2) is 38.9 Å². The number of carbonyl (C=O) groups is 1. The van der Waals surface area contributed by atoms with Crippen LogP contribution in [0.4, 0.5) is 0 Å². The second-order valence-corrected chi connectivity index (χ2v) is 3.79. The molecule has 0 unspecified atom stereocenters. The maximum absolute atomic E-state index is 10.7. The molecule has 7 heteroatoms. The second-order valence-electron chi connectivity index (χ2n) is 2.88. The first-order chi connectivity index (χ1) is 7.09. The standard InChI is InChI=1S/C8H6BrN3O3/c9-4-1-2-5-10-11-6(8(14)15)7(13)12(5)3-4/h1-3,7,13H,(H,14,15)/t7-/m0/s1. The summed E-state index contributed by atoms with van der Waals surface area (Å²) in [6.45, 7) is 0. The Morgan fingerprint density at radius 3 is 2.87 bits per heavy atom. The van der Waals surface area contributed by atoms with E-state index in [9.17, 15) is 9.90 Å². The van der Waals surface area contributed by atoms with Crippen molar-refractivity contribution in [3.63, 3.8) is 0 Å². The molecule has 1 atom stereocenters. The maximum Gasteiger partial charge on any atom is 0.356 e. The lowest BCUT2D eigenvalue weighted by Crippen LogP contribution is -2.46. The molecule has 2 aliphatic rings. The first-order valence-electron chi connectivity index (χ1n) is 4.00. The molecular formula is C8H6BrN3O3. The highest BCUT2D eigenvalue weighted by Gasteiger charge is 2.31. The summed E-state index contributed by atoms with van der Waals surface area (Å²) in [5, 5.41) is 25.5. The van der Waals surface area contributed by atoms with Crippen molar-refractivity contribution in [1.82, 2.24) is 4.90 Å². The Morgan fingerprint density at radius 2 is 2.20 bits per heavy atom. The molecule has 2 rings (SSSR count). The number of allylic oxidation sites excluding steroid dienone is 2. The minimum Gasteiger partial charge on any atom is -0.477 e. The van der Waals surface area contributed by atoms with Crippen LogP contribution in [0.15, 0.2) is 33.0 Å². The highest BCUT2D eigenvalue weighted by molar-refractivity contribution is 9.11. The lowest BCUT2D eigenvalue weighted by atomic mass is 10.2. The van der Waals surface area contributed by atoms with Crippen LogP contribution < -0.4 is 0 Å². The maximum atomic E-state index is 10.7. The number of hydrogen-bond acceptors (Lipinski definition) is 5. The van der Waals surface area contributed by atoms with Gasteiger partial charge in [-0.3, -0.25) is 4.90 Å². The van der Waals surface area contributed by atoms with E-state index in [-0.39, 0.29) is 0 Å². The van der Waals surface area contributed by atoms with Crippen LogP contribution in [0, 0.1) is 0 Å². The second kappa shape index (κ2) is 3.59. The summed E-state index contributed by atoms with van der Waals surface area (Å²) < 4.78 is 0.715. The SMILES string of the molecule is O=C(O)C1=NN=C2C=CC(Br)=CN2[C@H]1O. The van der Waals surface area contributed by atoms with Crippen LogP contribution in [-0.2, 0) is 4.79 Å². The normalized spacial score (nSPS) is 24.0. The van der Waals surface area contributed by atoms with E-state index >= 15 is 0 Å². The fraction of sp³-hybridized carbons (Fsp3) is 0.125. The number of aliphatic hydroxyl groups is 1. The van der Waals surface area contributed by atoms with Crippen molar-refractivity contribution in [2.45, 2.75) is 6.23 Å². The molecule has 15 heavy (non-hydrogen) atoms. The number of fused-ring (bicyclic) bond motifs is 1. The molecule has 0 spiro atoms. The monoisotopic (exact) mass is 271 g/mol. The topological polar surface area (TPSA) is 85.5 Å². The molecule has 0 aromatic rings. The zero-order valence-corrected chi connectivity index (χ0v) is 8.92. The zero-order chi connectivity index (χ0) is 11.0. The van der Waals surface area contributed by atoms with Crippen molar-refractivity contribution in [2.75, 3.05) is 0 Å². The van der Waals surface area contributed by atoms with Crippen molar-refractivity contribution in [1.29, 1.82) is 0 Å². The Hall–Kier alpha value is -1.47. The van der Waals surface area contributed by atoms with Crippen molar-refractivity contribution < 1.29 is 15.0 Å². The lowest BCUT2D eigenvalue weighted by molar-refractivity contribution is -0.130. The van der Waals surface area contributed by atoms with E-state index in [1.165, 1.54) is 4.90 Å². The number of amidine groups is 1. The van der Waals surface area contributed by atoms with Gasteiger partial charge in [-0.15, -0.1) is 10.2 Å². The van der Waals surface area contributed by atoms with Gasteiger partial charge in [-0.2, -0.15) is 0 Å². The number of halogens is 1. The molecule has 0 bridgehead atoms. The molecule has 0 radical (unpaired) electrons. The summed E-state index contributed by atoms with van der Waals surface area (Å²) in [4.78, 5) is 12.0. The van der Waals surface area contributed by atoms with Gasteiger partial charge in [0.05, 0.1) is 0 Å². The summed E-state index contributed by atoms with van der Waals surface area (Å²) in [6.07, 6.45) is 3.58. The smallest absolute Gasteiger partial charge is 0.356 e. The fourth-order valence-corrected chi connectivity index (χ4v) is 1.56. The molecule has 0 saturated carbocycles. The van der Waals surface area contributed by atoms with Crippen molar-refractivity contribution >= 4 is 33.4 Å². The minimum atomic E-state index is -1.31. The van der Waals surface area contributed by atoms with Gasteiger partial charge in [-0.1, -0.05) is 0 Å². The highest BCUT2D eigenvalue weighted by Crippen LogP contribution is 2.19. The average Bonchev–Trinajstić information content (AvgIpc) is 2.19. The molecule has 0 aliphatic carbocycles. The number of hydrogen-bond donors (Lipinski definition) is 2. The van der Waals surface area contributed by atoms with E-state index in [1.807, 2.05) is 0 Å². The molecule has 78 valence electrons. The van der Waals surface area contributed by atoms with Crippen LogP contribution in [0.1, 0.15) is 0 Å². The van der Waals surface area contributed by atoms with E-state index in [2.05, 4.69) is 26.1 Å². The molecule has 0 amide bonds. The molecule has 0 aromatic heterocycles. The summed E-state index contributed by atoms with van der Waals surface area (Å²) in [5.41, 5.74) is -0.398. The first kappa shape index (κ1) is 10.1. The number of carboxylic acids is 1. The fourth-order valence-electron chi connectivity index (χ4n) is 1.20. The third-order valence-corrected chi connectivity index (χ3v) is 2.38. The van der Waals surface area contributed by atoms with Crippen LogP contribution >= 0.6 is 15.9 Å². The molecule has 2 heterocycles. The van der Waals surface area contributed by atoms with E-state index in [1.54, 1.807) is 18.4 Å². The predicted molar refractivity (Wildman–Crippen MR) is 56.5 cm³/mol. The molecule has 0 aromatic carbocycles. The third kappa shape index (κ3) is 1.71. The quantitative estimate of drug-likeness (QED) is 0.717. The van der Waals surface area contributed by atoms with Crippen LogP contribution in [0.3, 0.4) is 0 Å². The first-order valence-corrected chi connectivity index (χ1v) is 4.79. The number of nitrogens with zero attached hydrogens (tertiary/aromatic N) is 3. The molecule has 6 nitrogen and oxygen atoms in total. The zero-order valence-electron chi connectivity index (χ0n) is 7.33. The van der Waals surface area contributed by atoms with E-state index in [0.717, 1.165) is 0 Å². The van der Waals surface area contributed by atoms with Crippen LogP contribution in [0.5, 0.6) is 0 Å². The van der Waals surface area contributed by atoms with Crippen molar-refractivity contribution in [3.8, 4) is 0 Å². The molecule has 0 saturated heterocycles. The van der Waals surface area contributed by atoms with Gasteiger partial charge in [0.1, 0.15) is 0 Å². The van der Waals surface area contributed by atoms with Gasteiger partial charge < -0.3 is 10.2 Å². The number of aliphatic hydroxyl groups excluding tert-OH is 1. The molecule has 2 aliphatic heterocycles. The Kier molecular flexibility index (Phi) is 2.41. The van der Waals surface area contributed by atoms with E-state index < -0.39 is 17.9 Å². The van der Waals surface area contributed by atoms with Gasteiger partial charge in [0.2, 0.25) is 0 Å². The van der Waals surface area contributed by atoms with Gasteiger partial charge in [-0.05, 0) is 28.1 Å². The number of carboxylic acid groups (broad SMARTS) is 1. The minimum absolute atomic E-state index is 0.398. The van der Waals surface area contributed by atoms with Gasteiger partial charge in [0.25, 0.3) is 0 Å². The number of aliphatic carboxylic acids is 1. The van der Waals surface area contributed by atoms with Gasteiger partial charge in [-0.25, -0.2) is 4.79 Å². The van der Waals surface area contributed by atoms with Crippen LogP contribution in [0.2, 0.25) is 0 Å². The Bertz CT molecular complexity index is 438. The Balaban J connectivity index is 2.40. The third-order valence-electron chi connectivity index (χ3n) is 1.91. The molecular weight excluding hydrogens is 266 g/mol. The molecule has 2 N–H and O–H groups in total. The van der Waals surface area contributed by atoms with E-state index in [0.29, 0.717) is 10.3 Å². The molecule has 0 fully saturated rings. The Morgan fingerprint density at radius 1 is 1.47 bits per heavy atom. The largest absolute Gasteiger partial charge is 0.477 e. The predicted octanol–water partition coefficient (Wildman–Crippen LogP) is 0.266. The Labute approximate surface area is 93.0 Å². The summed E-state index contributed by atoms with van der Waals surface area (Å²) in [5.74, 6) is -0.889. The highest BCUT2D eigenvalue weighted by atomic mass is 79.9. The van der Waals surface area contributed by atoms with Gasteiger partial charge in [0.15, 0.2) is 17.8 Å². The summed E-state index contributed by atoms with van der Waals surface area (Å²) in [6, 6.07) is 0. The lowest BCUT2D eigenvalue weighted by Gasteiger charge is -2.29.